The summed E-state index contributed by atoms with van der Waals surface area (Å²) in [4.78, 5) is 10.5. The van der Waals surface area contributed by atoms with E-state index in [1.807, 2.05) is 24.3 Å². The van der Waals surface area contributed by atoms with Crippen LogP contribution in [0.25, 0.3) is 0 Å². The van der Waals surface area contributed by atoms with Crippen molar-refractivity contribution in [2.75, 3.05) is 18.5 Å². The molecule has 16 heavy (non-hydrogen) atoms. The lowest BCUT2D eigenvalue weighted by atomic mass is 10.3. The molecule has 0 aromatic heterocycles. The Hall–Kier alpha value is -1.71. The fraction of sp³-hybridized carbons (Fsp3) is 0.417. The fourth-order valence-corrected chi connectivity index (χ4v) is 1.21. The number of rotatable bonds is 7. The maximum Gasteiger partial charge on any atom is 0.220 e. The van der Waals surface area contributed by atoms with Crippen LogP contribution in [0, 0.1) is 0 Å². The Kier molecular flexibility index (Phi) is 5.19. The molecule has 1 amide bonds. The minimum absolute atomic E-state index is 0.246. The summed E-state index contributed by atoms with van der Waals surface area (Å²) < 4.78 is 5.35. The van der Waals surface area contributed by atoms with E-state index in [9.17, 15) is 4.79 Å². The molecule has 0 aliphatic rings. The van der Waals surface area contributed by atoms with Gasteiger partial charge in [-0.15, -0.1) is 0 Å². The predicted octanol–water partition coefficient (Wildman–Crippen LogP) is 1.76. The Morgan fingerprint density at radius 2 is 2.06 bits per heavy atom. The van der Waals surface area contributed by atoms with Crippen molar-refractivity contribution in [1.29, 1.82) is 0 Å². The van der Waals surface area contributed by atoms with Gasteiger partial charge in [-0.3, -0.25) is 4.79 Å². The van der Waals surface area contributed by atoms with Crippen LogP contribution in [0.2, 0.25) is 0 Å². The lowest BCUT2D eigenvalue weighted by molar-refractivity contribution is -0.118. The number of benzene rings is 1. The predicted molar refractivity (Wildman–Crippen MR) is 64.5 cm³/mol. The van der Waals surface area contributed by atoms with Crippen molar-refractivity contribution in [3.8, 4) is 5.75 Å². The highest BCUT2D eigenvalue weighted by Gasteiger charge is 1.97. The number of anilines is 1. The molecule has 0 unspecified atom stereocenters. The van der Waals surface area contributed by atoms with Crippen LogP contribution in [0.3, 0.4) is 0 Å². The molecule has 0 radical (unpaired) electrons. The molecule has 0 aliphatic carbocycles. The number of amides is 1. The molecule has 4 heteroatoms. The normalized spacial score (nSPS) is 9.81. The molecule has 0 saturated heterocycles. The summed E-state index contributed by atoms with van der Waals surface area (Å²) >= 11 is 0. The van der Waals surface area contributed by atoms with Crippen LogP contribution in [-0.4, -0.2) is 19.1 Å². The Bertz CT molecular complexity index is 322. The van der Waals surface area contributed by atoms with Crippen LogP contribution < -0.4 is 15.8 Å². The molecule has 0 bridgehead atoms. The summed E-state index contributed by atoms with van der Waals surface area (Å²) in [6, 6.07) is 7.66. The van der Waals surface area contributed by atoms with Gasteiger partial charge in [-0.05, 0) is 30.7 Å². The molecule has 0 atom stereocenters. The van der Waals surface area contributed by atoms with Gasteiger partial charge in [0.25, 0.3) is 0 Å². The molecule has 1 rings (SSSR count). The first kappa shape index (κ1) is 12.4. The average molecular weight is 222 g/mol. The van der Waals surface area contributed by atoms with E-state index in [1.165, 1.54) is 0 Å². The molecular weight excluding hydrogens is 204 g/mol. The Labute approximate surface area is 95.8 Å². The number of hydrogen-bond donors (Lipinski definition) is 2. The van der Waals surface area contributed by atoms with Gasteiger partial charge in [0.15, 0.2) is 0 Å². The standard InChI is InChI=1S/C12H18N2O2/c1-2-8-14-10-3-5-11(6-4-10)16-9-7-12(13)15/h3-6,14H,2,7-9H2,1H3,(H2,13,15). The van der Waals surface area contributed by atoms with Gasteiger partial charge in [0.1, 0.15) is 5.75 Å². The summed E-state index contributed by atoms with van der Waals surface area (Å²) in [5.41, 5.74) is 6.08. The maximum absolute atomic E-state index is 10.5. The van der Waals surface area contributed by atoms with Gasteiger partial charge in [0.2, 0.25) is 5.91 Å². The second-order valence-electron chi connectivity index (χ2n) is 3.52. The number of carbonyl (C=O) groups is 1. The second-order valence-corrected chi connectivity index (χ2v) is 3.52. The quantitative estimate of drug-likeness (QED) is 0.739. The molecule has 0 saturated carbocycles. The highest BCUT2D eigenvalue weighted by Crippen LogP contribution is 2.15. The van der Waals surface area contributed by atoms with Gasteiger partial charge in [-0.2, -0.15) is 0 Å². The van der Waals surface area contributed by atoms with Crippen molar-refractivity contribution in [1.82, 2.24) is 0 Å². The molecule has 1 aromatic rings. The van der Waals surface area contributed by atoms with Gasteiger partial charge in [0, 0.05) is 12.2 Å². The monoisotopic (exact) mass is 222 g/mol. The van der Waals surface area contributed by atoms with E-state index in [-0.39, 0.29) is 12.3 Å². The SMILES string of the molecule is CCCNc1ccc(OCCC(N)=O)cc1. The smallest absolute Gasteiger partial charge is 0.220 e. The summed E-state index contributed by atoms with van der Waals surface area (Å²) in [7, 11) is 0. The first-order chi connectivity index (χ1) is 7.72. The minimum atomic E-state index is -0.346. The van der Waals surface area contributed by atoms with Crippen LogP contribution >= 0.6 is 0 Å². The zero-order valence-corrected chi connectivity index (χ0v) is 9.53. The number of ether oxygens (including phenoxy) is 1. The molecule has 88 valence electrons. The van der Waals surface area contributed by atoms with Crippen molar-refractivity contribution in [2.24, 2.45) is 5.73 Å². The van der Waals surface area contributed by atoms with E-state index in [1.54, 1.807) is 0 Å². The van der Waals surface area contributed by atoms with E-state index in [4.69, 9.17) is 10.5 Å². The molecule has 4 nitrogen and oxygen atoms in total. The van der Waals surface area contributed by atoms with Crippen LogP contribution in [0.4, 0.5) is 5.69 Å². The zero-order valence-electron chi connectivity index (χ0n) is 9.53. The lowest BCUT2D eigenvalue weighted by Crippen LogP contribution is -2.14. The topological polar surface area (TPSA) is 64.3 Å². The van der Waals surface area contributed by atoms with Crippen molar-refractivity contribution < 1.29 is 9.53 Å². The molecule has 0 spiro atoms. The first-order valence-electron chi connectivity index (χ1n) is 5.47. The number of nitrogens with one attached hydrogen (secondary N) is 1. The van der Waals surface area contributed by atoms with Gasteiger partial charge in [-0.25, -0.2) is 0 Å². The number of primary amides is 1. The van der Waals surface area contributed by atoms with Crippen LogP contribution in [0.15, 0.2) is 24.3 Å². The van der Waals surface area contributed by atoms with Gasteiger partial charge < -0.3 is 15.8 Å². The van der Waals surface area contributed by atoms with Gasteiger partial charge >= 0.3 is 0 Å². The molecular formula is C12H18N2O2. The van der Waals surface area contributed by atoms with Crippen molar-refractivity contribution in [2.45, 2.75) is 19.8 Å². The summed E-state index contributed by atoms with van der Waals surface area (Å²) in [6.45, 7) is 3.41. The summed E-state index contributed by atoms with van der Waals surface area (Å²) in [5.74, 6) is 0.407. The molecule has 0 aliphatic heterocycles. The number of hydrogen-bond acceptors (Lipinski definition) is 3. The molecule has 1 aromatic carbocycles. The van der Waals surface area contributed by atoms with Gasteiger partial charge in [-0.1, -0.05) is 6.92 Å². The van der Waals surface area contributed by atoms with E-state index >= 15 is 0 Å². The van der Waals surface area contributed by atoms with Crippen LogP contribution in [-0.2, 0) is 4.79 Å². The van der Waals surface area contributed by atoms with E-state index in [0.717, 1.165) is 24.4 Å². The molecule has 3 N–H and O–H groups in total. The van der Waals surface area contributed by atoms with Crippen molar-refractivity contribution in [3.05, 3.63) is 24.3 Å². The third kappa shape index (κ3) is 4.68. The van der Waals surface area contributed by atoms with Crippen LogP contribution in [0.1, 0.15) is 19.8 Å². The number of nitrogens with two attached hydrogens (primary N) is 1. The third-order valence-electron chi connectivity index (χ3n) is 2.05. The molecule has 0 fully saturated rings. The Morgan fingerprint density at radius 1 is 1.38 bits per heavy atom. The van der Waals surface area contributed by atoms with E-state index in [0.29, 0.717) is 6.61 Å². The summed E-state index contributed by atoms with van der Waals surface area (Å²) in [6.07, 6.45) is 1.34. The Balaban J connectivity index is 2.36. The zero-order chi connectivity index (χ0) is 11.8. The van der Waals surface area contributed by atoms with E-state index in [2.05, 4.69) is 12.2 Å². The summed E-state index contributed by atoms with van der Waals surface area (Å²) in [5, 5.41) is 3.27. The van der Waals surface area contributed by atoms with Crippen molar-refractivity contribution >= 4 is 11.6 Å². The first-order valence-corrected chi connectivity index (χ1v) is 5.47. The van der Waals surface area contributed by atoms with Crippen LogP contribution in [0.5, 0.6) is 5.75 Å². The van der Waals surface area contributed by atoms with Crippen molar-refractivity contribution in [3.63, 3.8) is 0 Å². The highest BCUT2D eigenvalue weighted by atomic mass is 16.5. The lowest BCUT2D eigenvalue weighted by Gasteiger charge is -2.07. The van der Waals surface area contributed by atoms with Gasteiger partial charge in [0.05, 0.1) is 13.0 Å². The maximum atomic E-state index is 10.5. The van der Waals surface area contributed by atoms with E-state index < -0.39 is 0 Å². The second kappa shape index (κ2) is 6.71. The molecule has 0 heterocycles. The minimum Gasteiger partial charge on any atom is -0.493 e. The average Bonchev–Trinajstić information content (AvgIpc) is 2.27. The largest absolute Gasteiger partial charge is 0.493 e. The highest BCUT2D eigenvalue weighted by molar-refractivity contribution is 5.73. The third-order valence-corrected chi connectivity index (χ3v) is 2.05. The number of carbonyl (C=O) groups excluding carboxylic acids is 1. The fourth-order valence-electron chi connectivity index (χ4n) is 1.21. The Morgan fingerprint density at radius 3 is 2.62 bits per heavy atom.